The fourth-order valence-electron chi connectivity index (χ4n) is 2.56. The van der Waals surface area contributed by atoms with Gasteiger partial charge in [-0.2, -0.15) is 0 Å². The first kappa shape index (κ1) is 13.9. The van der Waals surface area contributed by atoms with Crippen LogP contribution in [0.15, 0.2) is 28.8 Å². The fraction of sp³-hybridized carbons (Fsp3) is 0.286. The summed E-state index contributed by atoms with van der Waals surface area (Å²) >= 11 is 5.85. The van der Waals surface area contributed by atoms with E-state index in [0.29, 0.717) is 23.7 Å². The number of benzene rings is 1. The van der Waals surface area contributed by atoms with Gasteiger partial charge in [-0.05, 0) is 31.0 Å². The highest BCUT2D eigenvalue weighted by atomic mass is 35.5. The summed E-state index contributed by atoms with van der Waals surface area (Å²) in [6, 6.07) is 5.37. The number of hydrogen-bond acceptors (Lipinski definition) is 3. The Labute approximate surface area is 124 Å². The zero-order valence-corrected chi connectivity index (χ0v) is 11.7. The second-order valence-corrected chi connectivity index (χ2v) is 5.31. The Hall–Kier alpha value is -2.08. The number of rotatable bonds is 2. The van der Waals surface area contributed by atoms with E-state index >= 15 is 0 Å². The van der Waals surface area contributed by atoms with E-state index in [4.69, 9.17) is 21.2 Å². The zero-order valence-electron chi connectivity index (χ0n) is 10.9. The third kappa shape index (κ3) is 2.58. The molecule has 1 atom stereocenters. The molecule has 2 heterocycles. The number of hydrogen-bond donors (Lipinski definition) is 1. The number of likely N-dealkylation sites (tertiary alicyclic amines) is 1. The smallest absolute Gasteiger partial charge is 0.407 e. The van der Waals surface area contributed by atoms with E-state index in [1.165, 1.54) is 23.1 Å². The highest BCUT2D eigenvalue weighted by Gasteiger charge is 2.32. The summed E-state index contributed by atoms with van der Waals surface area (Å²) in [4.78, 5) is 12.5. The highest BCUT2D eigenvalue weighted by Crippen LogP contribution is 2.34. The molecule has 0 unspecified atom stereocenters. The van der Waals surface area contributed by atoms with Crippen LogP contribution in [0.1, 0.15) is 24.6 Å². The molecular weight excluding hydrogens is 299 g/mol. The van der Waals surface area contributed by atoms with E-state index < -0.39 is 11.9 Å². The second-order valence-electron chi connectivity index (χ2n) is 4.87. The Morgan fingerprint density at radius 1 is 1.48 bits per heavy atom. The largest absolute Gasteiger partial charge is 0.465 e. The van der Waals surface area contributed by atoms with Crippen molar-refractivity contribution in [1.82, 2.24) is 10.1 Å². The molecule has 0 radical (unpaired) electrons. The van der Waals surface area contributed by atoms with E-state index in [2.05, 4.69) is 5.16 Å². The zero-order chi connectivity index (χ0) is 15.0. The number of nitrogens with zero attached hydrogens (tertiary/aromatic N) is 2. The van der Waals surface area contributed by atoms with Crippen LogP contribution in [0.2, 0.25) is 5.02 Å². The molecule has 1 aromatic heterocycles. The lowest BCUT2D eigenvalue weighted by Crippen LogP contribution is -2.28. The van der Waals surface area contributed by atoms with Crippen LogP contribution in [-0.2, 0) is 0 Å². The summed E-state index contributed by atoms with van der Waals surface area (Å²) in [5, 5.41) is 13.4. The van der Waals surface area contributed by atoms with Gasteiger partial charge in [0, 0.05) is 17.6 Å². The molecule has 0 saturated carbocycles. The first-order valence-corrected chi connectivity index (χ1v) is 6.85. The van der Waals surface area contributed by atoms with Crippen molar-refractivity contribution in [2.24, 2.45) is 0 Å². The molecular formula is C14H12ClFN2O3. The number of carboxylic acid groups (broad SMARTS) is 1. The van der Waals surface area contributed by atoms with Crippen LogP contribution in [0.4, 0.5) is 9.18 Å². The predicted molar refractivity (Wildman–Crippen MR) is 73.6 cm³/mol. The van der Waals surface area contributed by atoms with Crippen molar-refractivity contribution in [3.63, 3.8) is 0 Å². The monoisotopic (exact) mass is 310 g/mol. The molecule has 1 fully saturated rings. The summed E-state index contributed by atoms with van der Waals surface area (Å²) in [5.41, 5.74) is 0.699. The maximum Gasteiger partial charge on any atom is 0.407 e. The number of aromatic nitrogens is 1. The highest BCUT2D eigenvalue weighted by molar-refractivity contribution is 6.30. The van der Waals surface area contributed by atoms with Crippen molar-refractivity contribution >= 4 is 17.7 Å². The van der Waals surface area contributed by atoms with Gasteiger partial charge >= 0.3 is 6.09 Å². The van der Waals surface area contributed by atoms with E-state index in [-0.39, 0.29) is 17.4 Å². The topological polar surface area (TPSA) is 66.6 Å². The molecule has 5 nitrogen and oxygen atoms in total. The summed E-state index contributed by atoms with van der Waals surface area (Å²) in [5.74, 6) is -0.231. The van der Waals surface area contributed by atoms with Gasteiger partial charge < -0.3 is 9.63 Å². The molecule has 3 rings (SSSR count). The SMILES string of the molecule is O=C(O)N1CCC[C@@H]1c1cc(-c2cc(Cl)ccc2F)on1. The van der Waals surface area contributed by atoms with Crippen LogP contribution in [0.5, 0.6) is 0 Å². The summed E-state index contributed by atoms with van der Waals surface area (Å²) in [6.07, 6.45) is 0.456. The maximum absolute atomic E-state index is 13.8. The molecule has 1 amide bonds. The van der Waals surface area contributed by atoms with Crippen molar-refractivity contribution in [1.29, 1.82) is 0 Å². The van der Waals surface area contributed by atoms with Gasteiger partial charge in [0.1, 0.15) is 11.5 Å². The van der Waals surface area contributed by atoms with E-state index in [1.54, 1.807) is 6.07 Å². The molecule has 1 saturated heterocycles. The molecule has 0 bridgehead atoms. The van der Waals surface area contributed by atoms with E-state index in [1.807, 2.05) is 0 Å². The molecule has 7 heteroatoms. The van der Waals surface area contributed by atoms with E-state index in [0.717, 1.165) is 6.42 Å². The van der Waals surface area contributed by atoms with E-state index in [9.17, 15) is 9.18 Å². The minimum atomic E-state index is -0.990. The van der Waals surface area contributed by atoms with Crippen molar-refractivity contribution in [3.05, 3.63) is 40.8 Å². The predicted octanol–water partition coefficient (Wildman–Crippen LogP) is 3.95. The van der Waals surface area contributed by atoms with Gasteiger partial charge in [0.2, 0.25) is 0 Å². The number of amides is 1. The molecule has 1 aliphatic heterocycles. The molecule has 21 heavy (non-hydrogen) atoms. The Kier molecular flexibility index (Phi) is 3.55. The molecule has 0 spiro atoms. The molecule has 1 aromatic carbocycles. The number of halogens is 2. The molecule has 110 valence electrons. The van der Waals surface area contributed by atoms with Gasteiger partial charge in [-0.1, -0.05) is 16.8 Å². The minimum Gasteiger partial charge on any atom is -0.465 e. The average Bonchev–Trinajstić information content (AvgIpc) is 3.08. The number of carbonyl (C=O) groups is 1. The van der Waals surface area contributed by atoms with Crippen LogP contribution in [0.25, 0.3) is 11.3 Å². The van der Waals surface area contributed by atoms with Gasteiger partial charge in [-0.25, -0.2) is 9.18 Å². The Bertz CT molecular complexity index is 689. The Balaban J connectivity index is 1.93. The van der Waals surface area contributed by atoms with Gasteiger partial charge in [-0.3, -0.25) is 4.90 Å². The normalized spacial score (nSPS) is 18.2. The maximum atomic E-state index is 13.8. The third-order valence-electron chi connectivity index (χ3n) is 3.56. The van der Waals surface area contributed by atoms with Crippen LogP contribution in [-0.4, -0.2) is 27.8 Å². The Morgan fingerprint density at radius 3 is 3.05 bits per heavy atom. The van der Waals surface area contributed by atoms with Crippen LogP contribution in [0.3, 0.4) is 0 Å². The summed E-state index contributed by atoms with van der Waals surface area (Å²) in [7, 11) is 0. The minimum absolute atomic E-state index is 0.209. The molecule has 1 N–H and O–H groups in total. The average molecular weight is 311 g/mol. The lowest BCUT2D eigenvalue weighted by molar-refractivity contribution is 0.138. The van der Waals surface area contributed by atoms with Gasteiger partial charge in [0.25, 0.3) is 0 Å². The molecule has 1 aliphatic rings. The van der Waals surface area contributed by atoms with Gasteiger partial charge in [-0.15, -0.1) is 0 Å². The lowest BCUT2D eigenvalue weighted by Gasteiger charge is -2.18. The quantitative estimate of drug-likeness (QED) is 0.912. The first-order chi connectivity index (χ1) is 10.1. The van der Waals surface area contributed by atoms with Gasteiger partial charge in [0.05, 0.1) is 11.6 Å². The molecule has 2 aromatic rings. The summed E-state index contributed by atoms with van der Waals surface area (Å²) < 4.78 is 19.0. The van der Waals surface area contributed by atoms with Crippen LogP contribution >= 0.6 is 11.6 Å². The third-order valence-corrected chi connectivity index (χ3v) is 3.80. The fourth-order valence-corrected chi connectivity index (χ4v) is 2.73. The standard InChI is InChI=1S/C14H12ClFN2O3/c15-8-3-4-10(16)9(6-8)13-7-11(17-21-13)12-2-1-5-18(12)14(19)20/h3-4,6-7,12H,1-2,5H2,(H,19,20)/t12-/m1/s1. The first-order valence-electron chi connectivity index (χ1n) is 6.48. The van der Waals surface area contributed by atoms with Crippen molar-refractivity contribution in [2.45, 2.75) is 18.9 Å². The lowest BCUT2D eigenvalue weighted by atomic mass is 10.1. The van der Waals surface area contributed by atoms with Crippen molar-refractivity contribution < 1.29 is 18.8 Å². The Morgan fingerprint density at radius 2 is 2.29 bits per heavy atom. The van der Waals surface area contributed by atoms with Crippen LogP contribution in [0, 0.1) is 5.82 Å². The van der Waals surface area contributed by atoms with Crippen LogP contribution < -0.4 is 0 Å². The van der Waals surface area contributed by atoms with Crippen molar-refractivity contribution in [2.75, 3.05) is 6.54 Å². The second kappa shape index (κ2) is 5.37. The van der Waals surface area contributed by atoms with Gasteiger partial charge in [0.15, 0.2) is 5.76 Å². The molecule has 0 aliphatic carbocycles. The van der Waals surface area contributed by atoms with Crippen molar-refractivity contribution in [3.8, 4) is 11.3 Å². The summed E-state index contributed by atoms with van der Waals surface area (Å²) in [6.45, 7) is 0.466.